The normalized spacial score (nSPS) is 10.3. The van der Waals surface area contributed by atoms with E-state index in [-0.39, 0.29) is 17.7 Å². The number of nitrogen functional groups attached to an aromatic ring is 1. The molecule has 2 aromatic rings. The van der Waals surface area contributed by atoms with Crippen LogP contribution in [0.3, 0.4) is 0 Å². The molecule has 0 aliphatic carbocycles. The molecule has 7 heteroatoms. The number of amides is 1. The van der Waals surface area contributed by atoms with Crippen molar-refractivity contribution in [2.75, 3.05) is 5.73 Å². The number of anilines is 1. The highest BCUT2D eigenvalue weighted by molar-refractivity contribution is 7.11. The fraction of sp³-hybridized carbons (Fsp3) is 0.222. The summed E-state index contributed by atoms with van der Waals surface area (Å²) in [5.74, 6) is -0.113. The molecule has 0 unspecified atom stereocenters. The van der Waals surface area contributed by atoms with E-state index in [1.54, 1.807) is 11.3 Å². The first-order chi connectivity index (χ1) is 7.65. The Morgan fingerprint density at radius 1 is 1.62 bits per heavy atom. The van der Waals surface area contributed by atoms with Gasteiger partial charge in [0.15, 0.2) is 0 Å². The first kappa shape index (κ1) is 10.6. The molecule has 16 heavy (non-hydrogen) atoms. The lowest BCUT2D eigenvalue weighted by molar-refractivity contribution is 0.0941. The average molecular weight is 237 g/mol. The summed E-state index contributed by atoms with van der Waals surface area (Å²) in [6, 6.07) is 3.99. The van der Waals surface area contributed by atoms with Gasteiger partial charge in [-0.05, 0) is 19.1 Å². The number of hydrogen-bond acceptors (Lipinski definition) is 5. The first-order valence-corrected chi connectivity index (χ1v) is 5.48. The molecule has 2 heterocycles. The highest BCUT2D eigenvalue weighted by Crippen LogP contribution is 2.14. The molecule has 84 valence electrons. The molecule has 0 spiro atoms. The first-order valence-electron chi connectivity index (χ1n) is 4.66. The molecule has 0 aliphatic heterocycles. The molecule has 0 bridgehead atoms. The van der Waals surface area contributed by atoms with E-state index in [0.29, 0.717) is 6.54 Å². The molecule has 1 amide bonds. The third-order valence-electron chi connectivity index (χ3n) is 1.94. The van der Waals surface area contributed by atoms with Crippen LogP contribution < -0.4 is 11.1 Å². The highest BCUT2D eigenvalue weighted by Gasteiger charge is 2.10. The van der Waals surface area contributed by atoms with Crippen molar-refractivity contribution < 1.29 is 4.79 Å². The molecular weight excluding hydrogens is 226 g/mol. The molecule has 0 aliphatic rings. The Morgan fingerprint density at radius 3 is 3.00 bits per heavy atom. The second-order valence-electron chi connectivity index (χ2n) is 3.24. The molecule has 2 rings (SSSR count). The minimum absolute atomic E-state index is 0.0668. The number of carbonyl (C=O) groups is 1. The summed E-state index contributed by atoms with van der Waals surface area (Å²) >= 11 is 1.64. The summed E-state index contributed by atoms with van der Waals surface area (Å²) in [5, 5.41) is 8.76. The number of carbonyl (C=O) groups excluding carboxylic acids is 1. The second kappa shape index (κ2) is 4.31. The van der Waals surface area contributed by atoms with Crippen molar-refractivity contribution in [1.82, 2.24) is 20.5 Å². The van der Waals surface area contributed by atoms with E-state index in [4.69, 9.17) is 5.73 Å². The Bertz CT molecular complexity index is 503. The van der Waals surface area contributed by atoms with Gasteiger partial charge in [0, 0.05) is 9.75 Å². The van der Waals surface area contributed by atoms with Gasteiger partial charge in [-0.2, -0.15) is 4.98 Å². The quantitative estimate of drug-likeness (QED) is 0.731. The van der Waals surface area contributed by atoms with Gasteiger partial charge < -0.3 is 11.1 Å². The number of aromatic amines is 1. The molecule has 0 atom stereocenters. The van der Waals surface area contributed by atoms with Crippen molar-refractivity contribution in [3.63, 3.8) is 0 Å². The maximum absolute atomic E-state index is 11.5. The van der Waals surface area contributed by atoms with Gasteiger partial charge in [0.25, 0.3) is 5.91 Å². The number of nitrogens with zero attached hydrogens (tertiary/aromatic N) is 2. The number of nitrogens with two attached hydrogens (primary N) is 1. The van der Waals surface area contributed by atoms with Crippen molar-refractivity contribution in [2.45, 2.75) is 13.5 Å². The molecule has 2 aromatic heterocycles. The Labute approximate surface area is 95.9 Å². The number of rotatable bonds is 3. The van der Waals surface area contributed by atoms with E-state index in [2.05, 4.69) is 20.5 Å². The number of H-pyrrole nitrogens is 1. The van der Waals surface area contributed by atoms with Crippen LogP contribution in [0, 0.1) is 6.92 Å². The van der Waals surface area contributed by atoms with Gasteiger partial charge in [-0.15, -0.1) is 16.4 Å². The number of aryl methyl sites for hydroxylation is 1. The van der Waals surface area contributed by atoms with Gasteiger partial charge in [-0.25, -0.2) is 0 Å². The van der Waals surface area contributed by atoms with Gasteiger partial charge in [0.2, 0.25) is 11.8 Å². The van der Waals surface area contributed by atoms with E-state index in [1.807, 2.05) is 19.1 Å². The average Bonchev–Trinajstić information content (AvgIpc) is 2.84. The van der Waals surface area contributed by atoms with Crippen LogP contribution in [0.1, 0.15) is 20.4 Å². The standard InChI is InChI=1S/C9H11N5OS/c1-5-2-3-6(16-5)4-11-8(15)7-12-9(10)14-13-7/h2-3H,4H2,1H3,(H,11,15)(H3,10,12,13,14). The predicted molar refractivity (Wildman–Crippen MR) is 61.0 cm³/mol. The predicted octanol–water partition coefficient (Wildman–Crippen LogP) is 0.687. The third-order valence-corrected chi connectivity index (χ3v) is 2.94. The van der Waals surface area contributed by atoms with Crippen LogP contribution in [0.2, 0.25) is 0 Å². The third kappa shape index (κ3) is 2.37. The molecule has 0 radical (unpaired) electrons. The molecule has 6 nitrogen and oxygen atoms in total. The highest BCUT2D eigenvalue weighted by atomic mass is 32.1. The van der Waals surface area contributed by atoms with Gasteiger partial charge in [0.05, 0.1) is 6.54 Å². The molecule has 0 saturated heterocycles. The van der Waals surface area contributed by atoms with Crippen LogP contribution >= 0.6 is 11.3 Å². The SMILES string of the molecule is Cc1ccc(CNC(=O)c2nc(N)n[nH]2)s1. The van der Waals surface area contributed by atoms with Crippen LogP contribution in [0.25, 0.3) is 0 Å². The summed E-state index contributed by atoms with van der Waals surface area (Å²) in [4.78, 5) is 17.6. The van der Waals surface area contributed by atoms with E-state index in [9.17, 15) is 4.79 Å². The van der Waals surface area contributed by atoms with Crippen LogP contribution in [-0.2, 0) is 6.54 Å². The van der Waals surface area contributed by atoms with Crippen molar-refractivity contribution in [1.29, 1.82) is 0 Å². The summed E-state index contributed by atoms with van der Waals surface area (Å²) in [6.45, 7) is 2.51. The van der Waals surface area contributed by atoms with Gasteiger partial charge in [0.1, 0.15) is 0 Å². The fourth-order valence-electron chi connectivity index (χ4n) is 1.21. The molecule has 0 saturated carbocycles. The maximum atomic E-state index is 11.5. The Kier molecular flexibility index (Phi) is 2.86. The molecular formula is C9H11N5OS. The summed E-state index contributed by atoms with van der Waals surface area (Å²) in [6.07, 6.45) is 0. The summed E-state index contributed by atoms with van der Waals surface area (Å²) < 4.78 is 0. The zero-order valence-corrected chi connectivity index (χ0v) is 9.47. The van der Waals surface area contributed by atoms with Gasteiger partial charge in [-0.3, -0.25) is 9.89 Å². The van der Waals surface area contributed by atoms with E-state index in [1.165, 1.54) is 4.88 Å². The number of hydrogen-bond donors (Lipinski definition) is 3. The van der Waals surface area contributed by atoms with Crippen LogP contribution in [0.4, 0.5) is 5.95 Å². The fourth-order valence-corrected chi connectivity index (χ4v) is 2.04. The Balaban J connectivity index is 1.93. The topological polar surface area (TPSA) is 96.7 Å². The number of nitrogens with one attached hydrogen (secondary N) is 2. The van der Waals surface area contributed by atoms with Crippen molar-refractivity contribution in [3.8, 4) is 0 Å². The Hall–Kier alpha value is -1.89. The molecule has 0 fully saturated rings. The van der Waals surface area contributed by atoms with E-state index < -0.39 is 0 Å². The summed E-state index contributed by atoms with van der Waals surface area (Å²) in [5.41, 5.74) is 5.30. The lowest BCUT2D eigenvalue weighted by Gasteiger charge is -1.99. The van der Waals surface area contributed by atoms with Crippen LogP contribution in [-0.4, -0.2) is 21.1 Å². The minimum Gasteiger partial charge on any atom is -0.366 e. The Morgan fingerprint density at radius 2 is 2.44 bits per heavy atom. The van der Waals surface area contributed by atoms with Crippen LogP contribution in [0.15, 0.2) is 12.1 Å². The van der Waals surface area contributed by atoms with E-state index in [0.717, 1.165) is 4.88 Å². The molecule has 0 aromatic carbocycles. The van der Waals surface area contributed by atoms with E-state index >= 15 is 0 Å². The lowest BCUT2D eigenvalue weighted by Crippen LogP contribution is -2.23. The van der Waals surface area contributed by atoms with Gasteiger partial charge >= 0.3 is 0 Å². The zero-order chi connectivity index (χ0) is 11.5. The number of thiophene rings is 1. The number of aromatic nitrogens is 3. The summed E-state index contributed by atoms with van der Waals surface area (Å²) in [7, 11) is 0. The largest absolute Gasteiger partial charge is 0.366 e. The second-order valence-corrected chi connectivity index (χ2v) is 4.61. The smallest absolute Gasteiger partial charge is 0.288 e. The maximum Gasteiger partial charge on any atom is 0.288 e. The monoisotopic (exact) mass is 237 g/mol. The van der Waals surface area contributed by atoms with Crippen LogP contribution in [0.5, 0.6) is 0 Å². The zero-order valence-electron chi connectivity index (χ0n) is 8.65. The molecule has 4 N–H and O–H groups in total. The van der Waals surface area contributed by atoms with Gasteiger partial charge in [-0.1, -0.05) is 0 Å². The van der Waals surface area contributed by atoms with Crippen molar-refractivity contribution >= 4 is 23.2 Å². The van der Waals surface area contributed by atoms with Crippen molar-refractivity contribution in [2.24, 2.45) is 0 Å². The lowest BCUT2D eigenvalue weighted by atomic mass is 10.4. The minimum atomic E-state index is -0.310. The van der Waals surface area contributed by atoms with Crippen molar-refractivity contribution in [3.05, 3.63) is 27.7 Å².